The third-order valence-electron chi connectivity index (χ3n) is 5.45. The number of ether oxygens (including phenoxy) is 1. The van der Waals surface area contributed by atoms with Gasteiger partial charge in [0.1, 0.15) is 5.76 Å². The molecule has 5 nitrogen and oxygen atoms in total. The second-order valence-electron chi connectivity index (χ2n) is 6.59. The number of methoxy groups -OCH3 is 1. The molecule has 0 bridgehead atoms. The molecule has 0 radical (unpaired) electrons. The molecule has 0 aromatic heterocycles. The van der Waals surface area contributed by atoms with Crippen LogP contribution in [0.25, 0.3) is 0 Å². The Labute approximate surface area is 140 Å². The van der Waals surface area contributed by atoms with E-state index in [4.69, 9.17) is 4.74 Å². The number of amides is 1. The predicted molar refractivity (Wildman–Crippen MR) is 87.0 cm³/mol. The number of fused-ring (bicyclic) bond motifs is 2. The Morgan fingerprint density at radius 1 is 1.25 bits per heavy atom. The van der Waals surface area contributed by atoms with Crippen LogP contribution in [0.4, 0.5) is 0 Å². The molecule has 0 spiro atoms. The summed E-state index contributed by atoms with van der Waals surface area (Å²) in [5, 5.41) is 14.0. The zero-order chi connectivity index (χ0) is 16.9. The van der Waals surface area contributed by atoms with E-state index in [1.165, 1.54) is 0 Å². The minimum Gasteiger partial charge on any atom is -0.497 e. The number of carbonyl (C=O) groups excluding carboxylic acids is 2. The van der Waals surface area contributed by atoms with Gasteiger partial charge in [0.2, 0.25) is 0 Å². The third-order valence-corrected chi connectivity index (χ3v) is 5.45. The molecule has 4 rings (SSSR count). The Morgan fingerprint density at radius 2 is 2.04 bits per heavy atom. The summed E-state index contributed by atoms with van der Waals surface area (Å²) < 4.78 is 5.20. The summed E-state index contributed by atoms with van der Waals surface area (Å²) in [6, 6.07) is 7.43. The normalized spacial score (nSPS) is 31.6. The summed E-state index contributed by atoms with van der Waals surface area (Å²) in [5.41, 5.74) is 0.540. The van der Waals surface area contributed by atoms with Gasteiger partial charge in [-0.1, -0.05) is 24.3 Å². The third kappa shape index (κ3) is 1.97. The topological polar surface area (TPSA) is 75.6 Å². The second kappa shape index (κ2) is 5.31. The van der Waals surface area contributed by atoms with Crippen molar-refractivity contribution in [3.05, 3.63) is 59.0 Å². The van der Waals surface area contributed by atoms with Crippen LogP contribution in [0, 0.1) is 11.8 Å². The molecule has 1 heterocycles. The molecule has 124 valence electrons. The van der Waals surface area contributed by atoms with Crippen LogP contribution in [-0.2, 0) is 16.0 Å². The summed E-state index contributed by atoms with van der Waals surface area (Å²) in [6.45, 7) is 0. The van der Waals surface area contributed by atoms with Crippen molar-refractivity contribution in [2.45, 2.75) is 24.9 Å². The van der Waals surface area contributed by atoms with Crippen LogP contribution in [0.2, 0.25) is 0 Å². The molecule has 2 aliphatic carbocycles. The lowest BCUT2D eigenvalue weighted by molar-refractivity contribution is -0.143. The average molecular weight is 325 g/mol. The summed E-state index contributed by atoms with van der Waals surface area (Å²) in [7, 11) is 1.56. The molecule has 3 aliphatic rings. The molecule has 1 unspecified atom stereocenters. The fourth-order valence-corrected chi connectivity index (χ4v) is 4.16. The van der Waals surface area contributed by atoms with E-state index >= 15 is 0 Å². The molecule has 1 aliphatic heterocycles. The number of Topliss-reactive ketones (excluding diaryl/α,β-unsaturated/α-hetero) is 1. The fourth-order valence-electron chi connectivity index (χ4n) is 4.16. The highest BCUT2D eigenvalue weighted by Crippen LogP contribution is 2.45. The highest BCUT2D eigenvalue weighted by Gasteiger charge is 2.59. The van der Waals surface area contributed by atoms with Crippen LogP contribution in [0.5, 0.6) is 0 Å². The second-order valence-corrected chi connectivity index (χ2v) is 6.59. The van der Waals surface area contributed by atoms with Crippen molar-refractivity contribution in [1.29, 1.82) is 0 Å². The number of carbonyl (C=O) groups is 2. The van der Waals surface area contributed by atoms with E-state index in [9.17, 15) is 14.7 Å². The predicted octanol–water partition coefficient (Wildman–Crippen LogP) is 1.73. The number of rotatable bonds is 2. The Balaban J connectivity index is 1.72. The number of hydrogen-bond donors (Lipinski definition) is 2. The first-order valence-electron chi connectivity index (χ1n) is 8.17. The Bertz CT molecular complexity index is 794. The zero-order valence-corrected chi connectivity index (χ0v) is 13.4. The Hall–Kier alpha value is -2.40. The summed E-state index contributed by atoms with van der Waals surface area (Å²) >= 11 is 0. The number of nitrogens with one attached hydrogen (secondary N) is 1. The molecule has 1 saturated heterocycles. The molecule has 2 N–H and O–H groups in total. The lowest BCUT2D eigenvalue weighted by atomic mass is 9.67. The maximum atomic E-state index is 12.9. The smallest absolute Gasteiger partial charge is 0.257 e. The highest BCUT2D eigenvalue weighted by atomic mass is 16.5. The summed E-state index contributed by atoms with van der Waals surface area (Å²) in [6.07, 6.45) is 5.21. The molecule has 0 saturated carbocycles. The number of ketones is 1. The first-order chi connectivity index (χ1) is 11.6. The molecular formula is C19H19NO4. The van der Waals surface area contributed by atoms with Gasteiger partial charge in [-0.2, -0.15) is 0 Å². The molecule has 3 atom stereocenters. The van der Waals surface area contributed by atoms with E-state index in [0.29, 0.717) is 36.3 Å². The standard InChI is InChI=1S/C19H19NO4/c1-24-12-7-9-14-16(10-12)20-18(22)19(14,23)15-8-6-11-4-2-3-5-13(11)17(15)21/h2-5,7,10,14-15,23H,6,8-9H2,1H3,(H,20,22)/t14?,15-,19+/m0/s1. The van der Waals surface area contributed by atoms with Crippen LogP contribution >= 0.6 is 0 Å². The van der Waals surface area contributed by atoms with Gasteiger partial charge in [0.25, 0.3) is 5.91 Å². The van der Waals surface area contributed by atoms with E-state index in [1.54, 1.807) is 19.3 Å². The lowest BCUT2D eigenvalue weighted by Crippen LogP contribution is -2.53. The van der Waals surface area contributed by atoms with Gasteiger partial charge in [0.15, 0.2) is 11.4 Å². The van der Waals surface area contributed by atoms with Gasteiger partial charge in [-0.05, 0) is 37.0 Å². The fraction of sp³-hybridized carbons (Fsp3) is 0.368. The monoisotopic (exact) mass is 325 g/mol. The van der Waals surface area contributed by atoms with Crippen LogP contribution in [0.3, 0.4) is 0 Å². The number of aryl methyl sites for hydroxylation is 1. The van der Waals surface area contributed by atoms with Crippen molar-refractivity contribution in [3.63, 3.8) is 0 Å². The van der Waals surface area contributed by atoms with Crippen molar-refractivity contribution in [2.24, 2.45) is 11.8 Å². The van der Waals surface area contributed by atoms with Crippen LogP contribution in [-0.4, -0.2) is 29.5 Å². The molecular weight excluding hydrogens is 306 g/mol. The van der Waals surface area contributed by atoms with Crippen molar-refractivity contribution >= 4 is 11.7 Å². The maximum absolute atomic E-state index is 12.9. The van der Waals surface area contributed by atoms with Crippen molar-refractivity contribution in [3.8, 4) is 0 Å². The number of allylic oxidation sites excluding steroid dienone is 2. The van der Waals surface area contributed by atoms with E-state index in [-0.39, 0.29) is 5.78 Å². The van der Waals surface area contributed by atoms with E-state index in [2.05, 4.69) is 5.32 Å². The van der Waals surface area contributed by atoms with Gasteiger partial charge in [0.05, 0.1) is 13.0 Å². The molecule has 5 heteroatoms. The molecule has 1 aromatic rings. The first kappa shape index (κ1) is 15.1. The van der Waals surface area contributed by atoms with Gasteiger partial charge in [-0.15, -0.1) is 0 Å². The van der Waals surface area contributed by atoms with Crippen LogP contribution < -0.4 is 5.32 Å². The Kier molecular flexibility index (Phi) is 3.35. The zero-order valence-electron chi connectivity index (χ0n) is 13.4. The van der Waals surface area contributed by atoms with Crippen LogP contribution in [0.1, 0.15) is 28.8 Å². The molecule has 1 aromatic carbocycles. The summed E-state index contributed by atoms with van der Waals surface area (Å²) in [4.78, 5) is 25.5. The van der Waals surface area contributed by atoms with Crippen molar-refractivity contribution in [1.82, 2.24) is 5.32 Å². The van der Waals surface area contributed by atoms with Gasteiger partial charge >= 0.3 is 0 Å². The number of benzene rings is 1. The highest BCUT2D eigenvalue weighted by molar-refractivity contribution is 6.05. The number of aliphatic hydroxyl groups is 1. The van der Waals surface area contributed by atoms with Gasteiger partial charge in [-0.25, -0.2) is 0 Å². The minimum atomic E-state index is -1.70. The summed E-state index contributed by atoms with van der Waals surface area (Å²) in [5.74, 6) is -1.12. The average Bonchev–Trinajstić information content (AvgIpc) is 2.86. The first-order valence-corrected chi connectivity index (χ1v) is 8.17. The quantitative estimate of drug-likeness (QED) is 0.868. The largest absolute Gasteiger partial charge is 0.497 e. The SMILES string of the molecule is COC1=CCC2C(=C1)NC(=O)[C@]2(O)[C@H]1CCc2ccccc2C1=O. The van der Waals surface area contributed by atoms with E-state index in [0.717, 1.165) is 5.56 Å². The Morgan fingerprint density at radius 3 is 2.83 bits per heavy atom. The minimum absolute atomic E-state index is 0.141. The van der Waals surface area contributed by atoms with Gasteiger partial charge < -0.3 is 15.2 Å². The van der Waals surface area contributed by atoms with Crippen LogP contribution in [0.15, 0.2) is 47.9 Å². The lowest BCUT2D eigenvalue weighted by Gasteiger charge is -2.37. The molecule has 1 amide bonds. The van der Waals surface area contributed by atoms with E-state index < -0.39 is 23.3 Å². The maximum Gasteiger partial charge on any atom is 0.257 e. The van der Waals surface area contributed by atoms with Gasteiger partial charge in [-0.3, -0.25) is 9.59 Å². The number of hydrogen-bond acceptors (Lipinski definition) is 4. The van der Waals surface area contributed by atoms with E-state index in [1.807, 2.05) is 24.3 Å². The van der Waals surface area contributed by atoms with Crippen molar-refractivity contribution in [2.75, 3.05) is 7.11 Å². The van der Waals surface area contributed by atoms with Gasteiger partial charge in [0, 0.05) is 17.2 Å². The van der Waals surface area contributed by atoms with Crippen molar-refractivity contribution < 1.29 is 19.4 Å². The molecule has 24 heavy (non-hydrogen) atoms. The molecule has 1 fully saturated rings.